The van der Waals surface area contributed by atoms with E-state index in [1.165, 1.54) is 11.8 Å². The number of carboxylic acid groups (broad SMARTS) is 1. The maximum Gasteiger partial charge on any atom is 0.313 e. The van der Waals surface area contributed by atoms with Gasteiger partial charge in [-0.05, 0) is 28.2 Å². The van der Waals surface area contributed by atoms with E-state index in [4.69, 9.17) is 5.11 Å². The van der Waals surface area contributed by atoms with Crippen molar-refractivity contribution >= 4 is 42.1 Å². The van der Waals surface area contributed by atoms with E-state index in [2.05, 4.69) is 25.8 Å². The fourth-order valence-corrected chi connectivity index (χ4v) is 2.85. The van der Waals surface area contributed by atoms with Gasteiger partial charge in [0.2, 0.25) is 0 Å². The molecule has 1 unspecified atom stereocenters. The molecule has 0 heterocycles. The van der Waals surface area contributed by atoms with Crippen LogP contribution < -0.4 is 0 Å². The second-order valence-corrected chi connectivity index (χ2v) is 5.13. The Labute approximate surface area is 116 Å². The first kappa shape index (κ1) is 16.5. The van der Waals surface area contributed by atoms with Crippen molar-refractivity contribution in [1.29, 1.82) is 0 Å². The van der Waals surface area contributed by atoms with E-state index in [9.17, 15) is 4.79 Å². The van der Waals surface area contributed by atoms with Gasteiger partial charge >= 0.3 is 5.97 Å². The lowest BCUT2D eigenvalue weighted by molar-refractivity contribution is -0.133. The molecule has 2 nitrogen and oxygen atoms in total. The molecule has 0 amide bonds. The molecule has 0 saturated carbocycles. The summed E-state index contributed by atoms with van der Waals surface area (Å²) in [5, 5.41) is 12.2. The third kappa shape index (κ3) is 6.71. The Bertz CT molecular complexity index is 346. The number of carbonyl (C=O) groups is 1. The van der Waals surface area contributed by atoms with Gasteiger partial charge in [0.15, 0.2) is 0 Å². The number of rotatable bonds is 8. The second-order valence-electron chi connectivity index (χ2n) is 3.03. The molecule has 0 fully saturated rings. The third-order valence-corrected chi connectivity index (χ3v) is 3.77. The van der Waals surface area contributed by atoms with Crippen LogP contribution in [0.4, 0.5) is 0 Å². The molecule has 0 aliphatic rings. The van der Waals surface area contributed by atoms with Crippen molar-refractivity contribution in [3.63, 3.8) is 0 Å². The van der Waals surface area contributed by atoms with Crippen LogP contribution >= 0.6 is 36.2 Å². The van der Waals surface area contributed by atoms with Gasteiger partial charge in [-0.2, -0.15) is 12.6 Å². The first-order valence-electron chi connectivity index (χ1n) is 4.75. The van der Waals surface area contributed by atoms with Gasteiger partial charge in [-0.15, -0.1) is 23.5 Å². The maximum atomic E-state index is 10.6. The summed E-state index contributed by atoms with van der Waals surface area (Å²) in [6.07, 6.45) is 5.44. The van der Waals surface area contributed by atoms with E-state index in [1.807, 2.05) is 11.7 Å². The van der Waals surface area contributed by atoms with Gasteiger partial charge in [0, 0.05) is 0 Å². The molecule has 0 aromatic heterocycles. The van der Waals surface area contributed by atoms with Gasteiger partial charge in [-0.1, -0.05) is 25.3 Å². The van der Waals surface area contributed by atoms with Crippen molar-refractivity contribution < 1.29 is 9.90 Å². The molecule has 0 aliphatic carbocycles. The number of aliphatic carboxylic acids is 1. The van der Waals surface area contributed by atoms with E-state index in [1.54, 1.807) is 29.3 Å². The van der Waals surface area contributed by atoms with Gasteiger partial charge in [-0.25, -0.2) is 0 Å². The van der Waals surface area contributed by atoms with Crippen LogP contribution in [-0.4, -0.2) is 28.3 Å². The summed E-state index contributed by atoms with van der Waals surface area (Å²) in [5.74, 6) is -0.806. The minimum Gasteiger partial charge on any atom is -0.481 e. The maximum absolute atomic E-state index is 10.6. The van der Waals surface area contributed by atoms with Gasteiger partial charge in [0.05, 0.1) is 11.0 Å². The molecule has 0 spiro atoms. The Morgan fingerprint density at radius 1 is 1.59 bits per heavy atom. The van der Waals surface area contributed by atoms with Gasteiger partial charge < -0.3 is 5.11 Å². The molecule has 1 atom stereocenters. The smallest absolute Gasteiger partial charge is 0.313 e. The number of hydrogen-bond donors (Lipinski definition) is 2. The first-order chi connectivity index (χ1) is 8.06. The van der Waals surface area contributed by atoms with Crippen molar-refractivity contribution in [1.82, 2.24) is 0 Å². The molecule has 0 radical (unpaired) electrons. The standard InChI is InChI=1S/C12H16O2S3/c1-4-10(7-16-3)12(9(2)5-6-15)17-8-11(13)14/h4-7,12,15H,1-2,8H2,3H3,(H,13,14)/b6-5-,10-7+. The highest BCUT2D eigenvalue weighted by atomic mass is 32.2. The number of thioether (sulfide) groups is 2. The van der Waals surface area contributed by atoms with Crippen LogP contribution in [0.1, 0.15) is 0 Å². The van der Waals surface area contributed by atoms with Crippen LogP contribution in [0.3, 0.4) is 0 Å². The van der Waals surface area contributed by atoms with Crippen LogP contribution in [0, 0.1) is 0 Å². The Balaban J connectivity index is 4.94. The highest BCUT2D eigenvalue weighted by molar-refractivity contribution is 8.02. The Hall–Kier alpha value is -0.520. The molecule has 0 aromatic carbocycles. The fraction of sp³-hybridized carbons (Fsp3) is 0.250. The molecule has 0 aliphatic heterocycles. The molecule has 0 rings (SSSR count). The minimum atomic E-state index is -0.838. The lowest BCUT2D eigenvalue weighted by atomic mass is 10.1. The lowest BCUT2D eigenvalue weighted by Crippen LogP contribution is -2.11. The summed E-state index contributed by atoms with van der Waals surface area (Å²) >= 11 is 6.86. The molecule has 0 saturated heterocycles. The molecular weight excluding hydrogens is 272 g/mol. The van der Waals surface area contributed by atoms with E-state index < -0.39 is 5.97 Å². The highest BCUT2D eigenvalue weighted by Gasteiger charge is 2.16. The zero-order valence-corrected chi connectivity index (χ0v) is 12.2. The van der Waals surface area contributed by atoms with E-state index in [-0.39, 0.29) is 11.0 Å². The van der Waals surface area contributed by atoms with E-state index in [0.717, 1.165) is 11.1 Å². The van der Waals surface area contributed by atoms with E-state index >= 15 is 0 Å². The van der Waals surface area contributed by atoms with Crippen molar-refractivity contribution in [2.45, 2.75) is 5.25 Å². The monoisotopic (exact) mass is 288 g/mol. The predicted molar refractivity (Wildman–Crippen MR) is 82.9 cm³/mol. The predicted octanol–water partition coefficient (Wildman–Crippen LogP) is 3.61. The number of hydrogen-bond acceptors (Lipinski definition) is 4. The SMILES string of the molecule is C=C/C(=C\SC)C(SCC(=O)O)C(=C)/C=C\S. The van der Waals surface area contributed by atoms with Crippen molar-refractivity contribution in [3.8, 4) is 0 Å². The summed E-state index contributed by atoms with van der Waals surface area (Å²) in [6.45, 7) is 7.67. The van der Waals surface area contributed by atoms with Crippen LogP contribution in [-0.2, 0) is 4.79 Å². The molecule has 5 heteroatoms. The summed E-state index contributed by atoms with van der Waals surface area (Å²) < 4.78 is 0. The Morgan fingerprint density at radius 2 is 2.24 bits per heavy atom. The molecule has 0 bridgehead atoms. The summed E-state index contributed by atoms with van der Waals surface area (Å²) in [4.78, 5) is 10.6. The minimum absolute atomic E-state index is 0.0314. The highest BCUT2D eigenvalue weighted by Crippen LogP contribution is 2.28. The average Bonchev–Trinajstić information content (AvgIpc) is 2.27. The summed E-state index contributed by atoms with van der Waals surface area (Å²) in [6, 6.07) is 0. The van der Waals surface area contributed by atoms with Gasteiger partial charge in [-0.3, -0.25) is 4.79 Å². The molecule has 17 heavy (non-hydrogen) atoms. The molecule has 94 valence electrons. The molecular formula is C12H16O2S3. The Kier molecular flexibility index (Phi) is 9.21. The largest absolute Gasteiger partial charge is 0.481 e. The number of thiol groups is 1. The normalized spacial score (nSPS) is 13.6. The first-order valence-corrected chi connectivity index (χ1v) is 7.60. The lowest BCUT2D eigenvalue weighted by Gasteiger charge is -2.17. The molecule has 0 aromatic rings. The summed E-state index contributed by atoms with van der Waals surface area (Å²) in [5.41, 5.74) is 1.77. The van der Waals surface area contributed by atoms with Crippen LogP contribution in [0.2, 0.25) is 0 Å². The zero-order valence-electron chi connectivity index (χ0n) is 9.63. The van der Waals surface area contributed by atoms with Crippen LogP contribution in [0.15, 0.2) is 47.3 Å². The zero-order chi connectivity index (χ0) is 13.3. The van der Waals surface area contributed by atoms with E-state index in [0.29, 0.717) is 0 Å². The topological polar surface area (TPSA) is 37.3 Å². The van der Waals surface area contributed by atoms with Crippen molar-refractivity contribution in [3.05, 3.63) is 47.3 Å². The van der Waals surface area contributed by atoms with Gasteiger partial charge in [0.1, 0.15) is 0 Å². The van der Waals surface area contributed by atoms with Crippen LogP contribution in [0.5, 0.6) is 0 Å². The van der Waals surface area contributed by atoms with Crippen molar-refractivity contribution in [2.75, 3.05) is 12.0 Å². The summed E-state index contributed by atoms with van der Waals surface area (Å²) in [7, 11) is 0. The van der Waals surface area contributed by atoms with Gasteiger partial charge in [0.25, 0.3) is 0 Å². The number of carboxylic acids is 1. The average molecular weight is 288 g/mol. The quantitative estimate of drug-likeness (QED) is 0.528. The fourth-order valence-electron chi connectivity index (χ4n) is 1.11. The number of allylic oxidation sites excluding steroid dienone is 2. The second kappa shape index (κ2) is 9.50. The Morgan fingerprint density at radius 3 is 2.65 bits per heavy atom. The molecule has 1 N–H and O–H groups in total. The van der Waals surface area contributed by atoms with Crippen LogP contribution in [0.25, 0.3) is 0 Å². The third-order valence-electron chi connectivity index (χ3n) is 1.79. The van der Waals surface area contributed by atoms with Crippen molar-refractivity contribution in [2.24, 2.45) is 0 Å².